The lowest BCUT2D eigenvalue weighted by molar-refractivity contribution is -0.138. The van der Waals surface area contributed by atoms with E-state index in [1.807, 2.05) is 38.1 Å². The number of benzene rings is 3. The first-order valence-electron chi connectivity index (χ1n) is 12.2. The smallest absolute Gasteiger partial charge is 0.354 e. The Morgan fingerprint density at radius 1 is 1.08 bits per heavy atom. The van der Waals surface area contributed by atoms with E-state index >= 15 is 0 Å². The molecule has 0 bridgehead atoms. The molecule has 0 fully saturated rings. The predicted octanol–water partition coefficient (Wildman–Crippen LogP) is 6.22. The summed E-state index contributed by atoms with van der Waals surface area (Å²) in [5.74, 6) is -0.541. The van der Waals surface area contributed by atoms with E-state index in [0.717, 1.165) is 11.6 Å². The normalized spacial score (nSPS) is 15.4. The SMILES string of the molecule is CC(C)NC(=O)CCc1ccc(C2=NC(Cc3ccccc3C(F)(F)F)C(=O)Nc3ccc(Cl)cc32)cc1. The standard InChI is InChI=1S/C29H27ClF3N3O2/c1-17(2)34-26(37)14-9-18-7-10-19(11-8-18)27-22-16-21(30)12-13-24(22)36-28(38)25(35-27)15-20-5-3-4-6-23(20)29(31,32)33/h3-8,10-13,16-17,25H,9,14-15H2,1-2H3,(H,34,37)(H,36,38). The molecule has 1 atom stereocenters. The number of nitrogens with one attached hydrogen (secondary N) is 2. The van der Waals surface area contributed by atoms with Gasteiger partial charge < -0.3 is 10.6 Å². The fourth-order valence-electron chi connectivity index (χ4n) is 4.35. The van der Waals surface area contributed by atoms with Gasteiger partial charge in [0.15, 0.2) is 0 Å². The molecule has 0 saturated carbocycles. The summed E-state index contributed by atoms with van der Waals surface area (Å²) in [6.07, 6.45) is -3.89. The van der Waals surface area contributed by atoms with Crippen molar-refractivity contribution in [3.63, 3.8) is 0 Å². The highest BCUT2D eigenvalue weighted by molar-refractivity contribution is 6.32. The topological polar surface area (TPSA) is 70.6 Å². The second-order valence-electron chi connectivity index (χ2n) is 9.45. The minimum absolute atomic E-state index is 0.0118. The zero-order valence-electron chi connectivity index (χ0n) is 20.9. The van der Waals surface area contributed by atoms with Crippen molar-refractivity contribution in [3.05, 3.63) is 99.6 Å². The Bertz CT molecular complexity index is 1370. The van der Waals surface area contributed by atoms with Crippen LogP contribution >= 0.6 is 11.6 Å². The maximum atomic E-state index is 13.6. The third-order valence-electron chi connectivity index (χ3n) is 6.14. The third-order valence-corrected chi connectivity index (χ3v) is 6.37. The molecule has 1 heterocycles. The van der Waals surface area contributed by atoms with Gasteiger partial charge in [-0.2, -0.15) is 13.2 Å². The van der Waals surface area contributed by atoms with Gasteiger partial charge in [0.25, 0.3) is 0 Å². The molecule has 0 radical (unpaired) electrons. The Labute approximate surface area is 224 Å². The fourth-order valence-corrected chi connectivity index (χ4v) is 4.53. The van der Waals surface area contributed by atoms with Crippen LogP contribution in [0.15, 0.2) is 71.7 Å². The molecule has 0 spiro atoms. The van der Waals surface area contributed by atoms with Gasteiger partial charge >= 0.3 is 6.18 Å². The van der Waals surface area contributed by atoms with Gasteiger partial charge in [-0.05, 0) is 55.7 Å². The summed E-state index contributed by atoms with van der Waals surface area (Å²) in [5, 5.41) is 6.09. The zero-order chi connectivity index (χ0) is 27.4. The molecule has 0 aromatic heterocycles. The van der Waals surface area contributed by atoms with E-state index in [1.165, 1.54) is 18.2 Å². The second kappa shape index (κ2) is 11.4. The highest BCUT2D eigenvalue weighted by atomic mass is 35.5. The first-order valence-corrected chi connectivity index (χ1v) is 12.6. The number of alkyl halides is 3. The molecule has 9 heteroatoms. The van der Waals surface area contributed by atoms with Crippen LogP contribution in [0.1, 0.15) is 48.1 Å². The molecule has 198 valence electrons. The van der Waals surface area contributed by atoms with E-state index in [2.05, 4.69) is 15.6 Å². The highest BCUT2D eigenvalue weighted by Gasteiger charge is 2.35. The number of aryl methyl sites for hydroxylation is 1. The molecule has 1 unspecified atom stereocenters. The lowest BCUT2D eigenvalue weighted by Crippen LogP contribution is -2.30. The number of carbonyl (C=O) groups excluding carboxylic acids is 2. The van der Waals surface area contributed by atoms with Crippen LogP contribution in [-0.4, -0.2) is 29.6 Å². The molecule has 2 N–H and O–H groups in total. The van der Waals surface area contributed by atoms with Crippen molar-refractivity contribution in [1.82, 2.24) is 5.32 Å². The van der Waals surface area contributed by atoms with Crippen molar-refractivity contribution in [1.29, 1.82) is 0 Å². The van der Waals surface area contributed by atoms with Gasteiger partial charge in [-0.15, -0.1) is 0 Å². The lowest BCUT2D eigenvalue weighted by atomic mass is 9.97. The molecule has 4 rings (SSSR count). The Hall–Kier alpha value is -3.65. The molecular weight excluding hydrogens is 515 g/mol. The van der Waals surface area contributed by atoms with Crippen LogP contribution in [0.2, 0.25) is 5.02 Å². The molecule has 0 saturated heterocycles. The molecule has 1 aliphatic rings. The van der Waals surface area contributed by atoms with Crippen molar-refractivity contribution >= 4 is 34.8 Å². The largest absolute Gasteiger partial charge is 0.416 e. The monoisotopic (exact) mass is 541 g/mol. The third kappa shape index (κ3) is 6.61. The van der Waals surface area contributed by atoms with Crippen LogP contribution in [0.3, 0.4) is 0 Å². The second-order valence-corrected chi connectivity index (χ2v) is 9.89. The lowest BCUT2D eigenvalue weighted by Gasteiger charge is -2.16. The molecule has 3 aromatic rings. The Morgan fingerprint density at radius 3 is 2.47 bits per heavy atom. The van der Waals surface area contributed by atoms with Gasteiger partial charge in [-0.3, -0.25) is 14.6 Å². The average Bonchev–Trinajstić information content (AvgIpc) is 2.98. The minimum Gasteiger partial charge on any atom is -0.354 e. The van der Waals surface area contributed by atoms with Gasteiger partial charge in [-0.25, -0.2) is 0 Å². The van der Waals surface area contributed by atoms with Crippen LogP contribution in [0, 0.1) is 0 Å². The molecule has 38 heavy (non-hydrogen) atoms. The number of amides is 2. The number of anilines is 1. The van der Waals surface area contributed by atoms with Crippen LogP contribution < -0.4 is 10.6 Å². The van der Waals surface area contributed by atoms with Gasteiger partial charge in [-0.1, -0.05) is 54.1 Å². The van der Waals surface area contributed by atoms with E-state index in [9.17, 15) is 22.8 Å². The van der Waals surface area contributed by atoms with Crippen molar-refractivity contribution in [3.8, 4) is 0 Å². The molecule has 0 aliphatic carbocycles. The summed E-state index contributed by atoms with van der Waals surface area (Å²) < 4.78 is 40.9. The first-order chi connectivity index (χ1) is 18.0. The van der Waals surface area contributed by atoms with E-state index < -0.39 is 23.7 Å². The Kier molecular flexibility index (Phi) is 8.21. The molecule has 5 nitrogen and oxygen atoms in total. The average molecular weight is 542 g/mol. The number of hydrogen-bond acceptors (Lipinski definition) is 3. The summed E-state index contributed by atoms with van der Waals surface area (Å²) in [6.45, 7) is 3.80. The van der Waals surface area contributed by atoms with E-state index in [4.69, 9.17) is 11.6 Å². The van der Waals surface area contributed by atoms with Crippen LogP contribution in [0.4, 0.5) is 18.9 Å². The highest BCUT2D eigenvalue weighted by Crippen LogP contribution is 2.34. The summed E-state index contributed by atoms with van der Waals surface area (Å²) in [5.41, 5.74) is 2.30. The number of fused-ring (bicyclic) bond motifs is 1. The van der Waals surface area contributed by atoms with Crippen molar-refractivity contribution in [2.75, 3.05) is 5.32 Å². The summed E-state index contributed by atoms with van der Waals surface area (Å²) >= 11 is 6.26. The van der Waals surface area contributed by atoms with Gasteiger partial charge in [0.2, 0.25) is 11.8 Å². The van der Waals surface area contributed by atoms with E-state index in [1.54, 1.807) is 18.2 Å². The number of carbonyl (C=O) groups is 2. The number of benzodiazepines with no additional fused rings is 1. The van der Waals surface area contributed by atoms with Crippen LogP contribution in [-0.2, 0) is 28.6 Å². The fraction of sp³-hybridized carbons (Fsp3) is 0.276. The number of halogens is 4. The summed E-state index contributed by atoms with van der Waals surface area (Å²) in [4.78, 5) is 29.8. The van der Waals surface area contributed by atoms with Crippen LogP contribution in [0.5, 0.6) is 0 Å². The minimum atomic E-state index is -4.55. The van der Waals surface area contributed by atoms with Gasteiger partial charge in [0.1, 0.15) is 6.04 Å². The van der Waals surface area contributed by atoms with Crippen molar-refractivity contribution < 1.29 is 22.8 Å². The summed E-state index contributed by atoms with van der Waals surface area (Å²) in [7, 11) is 0. The molecule has 1 aliphatic heterocycles. The van der Waals surface area contributed by atoms with E-state index in [-0.39, 0.29) is 23.9 Å². The van der Waals surface area contributed by atoms with Gasteiger partial charge in [0.05, 0.1) is 17.0 Å². The first kappa shape index (κ1) is 27.4. The number of hydrogen-bond donors (Lipinski definition) is 2. The van der Waals surface area contributed by atoms with Gasteiger partial charge in [0, 0.05) is 35.0 Å². The zero-order valence-corrected chi connectivity index (χ0v) is 21.7. The van der Waals surface area contributed by atoms with E-state index in [0.29, 0.717) is 40.4 Å². The predicted molar refractivity (Wildman–Crippen MR) is 143 cm³/mol. The quantitative estimate of drug-likeness (QED) is 0.373. The molecular formula is C29H27ClF3N3O2. The molecule has 2 amide bonds. The van der Waals surface area contributed by atoms with Crippen LogP contribution in [0.25, 0.3) is 0 Å². The Morgan fingerprint density at radius 2 is 1.79 bits per heavy atom. The molecule has 3 aromatic carbocycles. The maximum Gasteiger partial charge on any atom is 0.416 e. The summed E-state index contributed by atoms with van der Waals surface area (Å²) in [6, 6.07) is 16.5. The van der Waals surface area contributed by atoms with Crippen molar-refractivity contribution in [2.45, 2.75) is 51.4 Å². The number of aliphatic imine (C=N–C) groups is 1. The number of nitrogens with zero attached hydrogens (tertiary/aromatic N) is 1. The Balaban J connectivity index is 1.68. The van der Waals surface area contributed by atoms with Crippen molar-refractivity contribution in [2.24, 2.45) is 4.99 Å². The maximum absolute atomic E-state index is 13.6. The number of rotatable bonds is 7.